The van der Waals surface area contributed by atoms with Gasteiger partial charge in [0.1, 0.15) is 0 Å². The fourth-order valence-corrected chi connectivity index (χ4v) is 1.40. The normalized spacial score (nSPS) is 15.3. The van der Waals surface area contributed by atoms with Gasteiger partial charge in [0, 0.05) is 12.3 Å². The molecule has 1 aromatic rings. The monoisotopic (exact) mass is 193 g/mol. The maximum Gasteiger partial charge on any atom is 0.182 e. The molecule has 0 N–H and O–H groups in total. The molecule has 1 fully saturated rings. The van der Waals surface area contributed by atoms with Crippen molar-refractivity contribution < 1.29 is 9.47 Å². The number of methoxy groups -OCH3 is 1. The van der Waals surface area contributed by atoms with Crippen molar-refractivity contribution in [1.29, 1.82) is 0 Å². The number of pyridine rings is 1. The predicted molar refractivity (Wildman–Crippen MR) is 53.8 cm³/mol. The molecule has 3 nitrogen and oxygen atoms in total. The first kappa shape index (κ1) is 9.31. The van der Waals surface area contributed by atoms with Crippen molar-refractivity contribution in [1.82, 2.24) is 4.98 Å². The van der Waals surface area contributed by atoms with Crippen LogP contribution in [0.2, 0.25) is 0 Å². The van der Waals surface area contributed by atoms with Crippen molar-refractivity contribution in [2.24, 2.45) is 0 Å². The van der Waals surface area contributed by atoms with Gasteiger partial charge >= 0.3 is 0 Å². The van der Waals surface area contributed by atoms with Crippen LogP contribution in [0.25, 0.3) is 0 Å². The Morgan fingerprint density at radius 3 is 2.86 bits per heavy atom. The molecule has 1 aliphatic rings. The van der Waals surface area contributed by atoms with E-state index in [4.69, 9.17) is 9.47 Å². The lowest BCUT2D eigenvalue weighted by Crippen LogP contribution is -2.01. The second-order valence-electron chi connectivity index (χ2n) is 3.46. The average Bonchev–Trinajstić information content (AvgIpc) is 3.01. The molecule has 1 aliphatic carbocycles. The molecule has 0 spiro atoms. The van der Waals surface area contributed by atoms with Crippen molar-refractivity contribution in [3.8, 4) is 11.5 Å². The molecule has 1 saturated carbocycles. The Bertz CT molecular complexity index is 321. The summed E-state index contributed by atoms with van der Waals surface area (Å²) < 4.78 is 11.0. The fourth-order valence-electron chi connectivity index (χ4n) is 1.40. The molecular weight excluding hydrogens is 178 g/mol. The molecule has 14 heavy (non-hydrogen) atoms. The minimum absolute atomic E-state index is 0.399. The first-order valence-corrected chi connectivity index (χ1v) is 5.03. The highest BCUT2D eigenvalue weighted by molar-refractivity contribution is 5.42. The summed E-state index contributed by atoms with van der Waals surface area (Å²) in [7, 11) is 1.66. The van der Waals surface area contributed by atoms with Gasteiger partial charge in [0.15, 0.2) is 11.5 Å². The number of aryl methyl sites for hydroxylation is 1. The van der Waals surface area contributed by atoms with Crippen LogP contribution in [0.1, 0.15) is 25.5 Å². The standard InChI is InChI=1S/C11H15NO2/c1-3-9-11(13-2)10(6-7-12-9)14-8-4-5-8/h6-8H,3-5H2,1-2H3. The first-order chi connectivity index (χ1) is 6.85. The Labute approximate surface area is 84.1 Å². The minimum Gasteiger partial charge on any atom is -0.491 e. The highest BCUT2D eigenvalue weighted by Crippen LogP contribution is 2.34. The molecule has 0 unspecified atom stereocenters. The van der Waals surface area contributed by atoms with Crippen molar-refractivity contribution >= 4 is 0 Å². The van der Waals surface area contributed by atoms with Gasteiger partial charge in [-0.05, 0) is 19.3 Å². The number of aromatic nitrogens is 1. The third kappa shape index (κ3) is 1.81. The van der Waals surface area contributed by atoms with Crippen molar-refractivity contribution in [2.45, 2.75) is 32.3 Å². The smallest absolute Gasteiger partial charge is 0.182 e. The molecule has 0 radical (unpaired) electrons. The molecule has 0 aliphatic heterocycles. The van der Waals surface area contributed by atoms with Crippen molar-refractivity contribution in [3.05, 3.63) is 18.0 Å². The van der Waals surface area contributed by atoms with Crippen LogP contribution in [0.3, 0.4) is 0 Å². The van der Waals surface area contributed by atoms with E-state index in [1.165, 1.54) is 0 Å². The summed E-state index contributed by atoms with van der Waals surface area (Å²) >= 11 is 0. The second-order valence-corrected chi connectivity index (χ2v) is 3.46. The Hall–Kier alpha value is -1.25. The SMILES string of the molecule is CCc1nccc(OC2CC2)c1OC. The quantitative estimate of drug-likeness (QED) is 0.734. The van der Waals surface area contributed by atoms with Gasteiger partial charge in [-0.3, -0.25) is 4.98 Å². The highest BCUT2D eigenvalue weighted by Gasteiger charge is 2.25. The van der Waals surface area contributed by atoms with Crippen molar-refractivity contribution in [2.75, 3.05) is 7.11 Å². The molecule has 76 valence electrons. The van der Waals surface area contributed by atoms with Crippen LogP contribution in [0, 0.1) is 0 Å². The van der Waals surface area contributed by atoms with Gasteiger partial charge in [0.2, 0.25) is 0 Å². The lowest BCUT2D eigenvalue weighted by molar-refractivity contribution is 0.280. The first-order valence-electron chi connectivity index (χ1n) is 5.03. The molecule has 0 aromatic carbocycles. The van der Waals surface area contributed by atoms with E-state index in [2.05, 4.69) is 11.9 Å². The average molecular weight is 193 g/mol. The Balaban J connectivity index is 2.26. The zero-order chi connectivity index (χ0) is 9.97. The number of ether oxygens (including phenoxy) is 2. The van der Waals surface area contributed by atoms with E-state index < -0.39 is 0 Å². The Kier molecular flexibility index (Phi) is 2.57. The van der Waals surface area contributed by atoms with E-state index in [0.29, 0.717) is 6.10 Å². The zero-order valence-corrected chi connectivity index (χ0v) is 8.62. The summed E-state index contributed by atoms with van der Waals surface area (Å²) in [6, 6.07) is 1.87. The molecule has 3 heteroatoms. The van der Waals surface area contributed by atoms with E-state index in [-0.39, 0.29) is 0 Å². The van der Waals surface area contributed by atoms with Crippen LogP contribution in [0.4, 0.5) is 0 Å². The van der Waals surface area contributed by atoms with Crippen LogP contribution in [-0.2, 0) is 6.42 Å². The predicted octanol–water partition coefficient (Wildman–Crippen LogP) is 2.19. The number of nitrogens with zero attached hydrogens (tertiary/aromatic N) is 1. The Morgan fingerprint density at radius 2 is 2.29 bits per heavy atom. The summed E-state index contributed by atoms with van der Waals surface area (Å²) in [5, 5.41) is 0. The summed E-state index contributed by atoms with van der Waals surface area (Å²) in [4.78, 5) is 4.25. The molecule has 0 amide bonds. The van der Waals surface area contributed by atoms with Crippen LogP contribution >= 0.6 is 0 Å². The maximum absolute atomic E-state index is 5.72. The summed E-state index contributed by atoms with van der Waals surface area (Å²) in [6.07, 6.45) is 5.36. The lowest BCUT2D eigenvalue weighted by atomic mass is 10.2. The lowest BCUT2D eigenvalue weighted by Gasteiger charge is -2.11. The highest BCUT2D eigenvalue weighted by atomic mass is 16.5. The van der Waals surface area contributed by atoms with E-state index in [1.807, 2.05) is 6.07 Å². The largest absolute Gasteiger partial charge is 0.491 e. The van der Waals surface area contributed by atoms with Crippen molar-refractivity contribution in [3.63, 3.8) is 0 Å². The molecule has 0 saturated heterocycles. The molecule has 2 rings (SSSR count). The van der Waals surface area contributed by atoms with E-state index >= 15 is 0 Å². The number of rotatable bonds is 4. The van der Waals surface area contributed by atoms with E-state index in [0.717, 1.165) is 36.5 Å². The molecule has 0 bridgehead atoms. The maximum atomic E-state index is 5.72. The summed E-state index contributed by atoms with van der Waals surface area (Å²) in [5.74, 6) is 1.63. The topological polar surface area (TPSA) is 31.4 Å². The van der Waals surface area contributed by atoms with Gasteiger partial charge in [-0.25, -0.2) is 0 Å². The van der Waals surface area contributed by atoms with Crippen LogP contribution in [-0.4, -0.2) is 18.2 Å². The molecule has 0 atom stereocenters. The van der Waals surface area contributed by atoms with Gasteiger partial charge in [0.25, 0.3) is 0 Å². The van der Waals surface area contributed by atoms with Crippen LogP contribution < -0.4 is 9.47 Å². The summed E-state index contributed by atoms with van der Waals surface area (Å²) in [6.45, 7) is 2.06. The molecular formula is C11H15NO2. The van der Waals surface area contributed by atoms with E-state index in [1.54, 1.807) is 13.3 Å². The Morgan fingerprint density at radius 1 is 1.50 bits per heavy atom. The van der Waals surface area contributed by atoms with Gasteiger partial charge < -0.3 is 9.47 Å². The van der Waals surface area contributed by atoms with Gasteiger partial charge in [-0.1, -0.05) is 6.92 Å². The van der Waals surface area contributed by atoms with E-state index in [9.17, 15) is 0 Å². The third-order valence-corrected chi connectivity index (χ3v) is 2.30. The van der Waals surface area contributed by atoms with Gasteiger partial charge in [-0.2, -0.15) is 0 Å². The zero-order valence-electron chi connectivity index (χ0n) is 8.62. The van der Waals surface area contributed by atoms with Gasteiger partial charge in [0.05, 0.1) is 18.9 Å². The minimum atomic E-state index is 0.399. The summed E-state index contributed by atoms with van der Waals surface area (Å²) in [5.41, 5.74) is 0.964. The van der Waals surface area contributed by atoms with Crippen LogP contribution in [0.15, 0.2) is 12.3 Å². The number of hydrogen-bond acceptors (Lipinski definition) is 3. The second kappa shape index (κ2) is 3.86. The third-order valence-electron chi connectivity index (χ3n) is 2.30. The number of hydrogen-bond donors (Lipinski definition) is 0. The molecule has 1 heterocycles. The molecule has 1 aromatic heterocycles. The fraction of sp³-hybridized carbons (Fsp3) is 0.545. The van der Waals surface area contributed by atoms with Crippen LogP contribution in [0.5, 0.6) is 11.5 Å². The van der Waals surface area contributed by atoms with Gasteiger partial charge in [-0.15, -0.1) is 0 Å².